The van der Waals surface area contributed by atoms with Gasteiger partial charge >= 0.3 is 0 Å². The zero-order valence-corrected chi connectivity index (χ0v) is 13.9. The molecule has 126 valence electrons. The smallest absolute Gasteiger partial charge is 0.262 e. The number of carbonyl (C=O) groups excluding carboxylic acids is 1. The second-order valence-electron chi connectivity index (χ2n) is 5.76. The Kier molecular flexibility index (Phi) is 9.00. The summed E-state index contributed by atoms with van der Waals surface area (Å²) in [6, 6.07) is -0.750. The predicted molar refractivity (Wildman–Crippen MR) is 83.7 cm³/mol. The van der Waals surface area contributed by atoms with Gasteiger partial charge in [0.1, 0.15) is 0 Å². The number of halogens is 4. The van der Waals surface area contributed by atoms with Crippen LogP contribution in [0.2, 0.25) is 0 Å². The molecule has 1 amide bonds. The minimum Gasteiger partial charge on any atom is -0.351 e. The summed E-state index contributed by atoms with van der Waals surface area (Å²) in [6.45, 7) is 4.47. The van der Waals surface area contributed by atoms with Crippen molar-refractivity contribution in [2.24, 2.45) is 0 Å². The molecule has 8 heteroatoms. The number of likely N-dealkylation sites (tertiary alicyclic amines) is 1. The molecule has 2 aliphatic rings. The van der Waals surface area contributed by atoms with Gasteiger partial charge in [0.15, 0.2) is 0 Å². The zero-order chi connectivity index (χ0) is 13.9. The molecule has 21 heavy (non-hydrogen) atoms. The summed E-state index contributed by atoms with van der Waals surface area (Å²) in [5.41, 5.74) is 0. The van der Waals surface area contributed by atoms with Crippen molar-refractivity contribution in [3.8, 4) is 0 Å². The Morgan fingerprint density at radius 3 is 2.48 bits per heavy atom. The van der Waals surface area contributed by atoms with Gasteiger partial charge < -0.3 is 10.2 Å². The van der Waals surface area contributed by atoms with E-state index >= 15 is 0 Å². The Balaban J connectivity index is 0.00000200. The van der Waals surface area contributed by atoms with E-state index in [0.717, 1.165) is 19.6 Å². The van der Waals surface area contributed by atoms with Crippen LogP contribution in [0.1, 0.15) is 32.6 Å². The molecule has 0 aromatic heterocycles. The lowest BCUT2D eigenvalue weighted by molar-refractivity contribution is -0.124. The molecule has 2 fully saturated rings. The van der Waals surface area contributed by atoms with E-state index in [4.69, 9.17) is 0 Å². The third-order valence-corrected chi connectivity index (χ3v) is 3.80. The second kappa shape index (κ2) is 9.08. The number of alkyl halides is 2. The molecule has 0 spiro atoms. The highest BCUT2D eigenvalue weighted by Gasteiger charge is 2.42. The highest BCUT2D eigenvalue weighted by atomic mass is 35.5. The molecule has 2 N–H and O–H groups in total. The number of carbonyl (C=O) groups is 1. The maximum atomic E-state index is 13.0. The molecule has 0 bridgehead atoms. The maximum absolute atomic E-state index is 13.0. The van der Waals surface area contributed by atoms with E-state index in [1.165, 1.54) is 19.3 Å². The van der Waals surface area contributed by atoms with Gasteiger partial charge in [-0.2, -0.15) is 0 Å². The van der Waals surface area contributed by atoms with Crippen LogP contribution in [0.4, 0.5) is 8.78 Å². The summed E-state index contributed by atoms with van der Waals surface area (Å²) in [5.74, 6) is -3.06. The van der Waals surface area contributed by atoms with Gasteiger partial charge in [-0.15, -0.1) is 24.8 Å². The molecular weight excluding hydrogens is 323 g/mol. The highest BCUT2D eigenvalue weighted by Crippen LogP contribution is 2.25. The SMILES string of the molecule is CC(CN1CCCCC1)NC(=O)C1CC(F)(F)CN1.Cl.Cl. The molecule has 2 saturated heterocycles. The number of hydrogen-bond acceptors (Lipinski definition) is 3. The van der Waals surface area contributed by atoms with E-state index in [1.54, 1.807) is 0 Å². The summed E-state index contributed by atoms with van der Waals surface area (Å²) >= 11 is 0. The van der Waals surface area contributed by atoms with E-state index in [2.05, 4.69) is 15.5 Å². The fraction of sp³-hybridized carbons (Fsp3) is 0.923. The van der Waals surface area contributed by atoms with Gasteiger partial charge in [-0.25, -0.2) is 8.78 Å². The Hall–Kier alpha value is -0.170. The number of rotatable bonds is 4. The van der Waals surface area contributed by atoms with E-state index in [0.29, 0.717) is 0 Å². The molecule has 0 aromatic rings. The summed E-state index contributed by atoms with van der Waals surface area (Å²) < 4.78 is 26.0. The number of amides is 1. The van der Waals surface area contributed by atoms with Crippen LogP contribution in [0.3, 0.4) is 0 Å². The minimum absolute atomic E-state index is 0. The van der Waals surface area contributed by atoms with Gasteiger partial charge in [0.25, 0.3) is 5.92 Å². The molecule has 2 heterocycles. The van der Waals surface area contributed by atoms with Gasteiger partial charge in [-0.05, 0) is 32.9 Å². The Morgan fingerprint density at radius 2 is 1.95 bits per heavy atom. The largest absolute Gasteiger partial charge is 0.351 e. The van der Waals surface area contributed by atoms with Crippen LogP contribution in [0.5, 0.6) is 0 Å². The molecule has 0 saturated carbocycles. The van der Waals surface area contributed by atoms with Crippen molar-refractivity contribution in [2.45, 2.75) is 50.6 Å². The van der Waals surface area contributed by atoms with Crippen LogP contribution in [0.15, 0.2) is 0 Å². The molecule has 2 rings (SSSR count). The van der Waals surface area contributed by atoms with Gasteiger partial charge in [-0.3, -0.25) is 10.1 Å². The van der Waals surface area contributed by atoms with Gasteiger partial charge in [0.2, 0.25) is 5.91 Å². The molecule has 4 nitrogen and oxygen atoms in total. The first kappa shape index (κ1) is 20.8. The average Bonchev–Trinajstić information content (AvgIpc) is 2.71. The zero-order valence-electron chi connectivity index (χ0n) is 12.2. The van der Waals surface area contributed by atoms with Crippen LogP contribution in [0, 0.1) is 0 Å². The summed E-state index contributed by atoms with van der Waals surface area (Å²) in [4.78, 5) is 14.2. The first-order valence-electron chi connectivity index (χ1n) is 7.10. The lowest BCUT2D eigenvalue weighted by Gasteiger charge is -2.29. The minimum atomic E-state index is -2.75. The quantitative estimate of drug-likeness (QED) is 0.815. The monoisotopic (exact) mass is 347 g/mol. The Morgan fingerprint density at radius 1 is 1.33 bits per heavy atom. The van der Waals surface area contributed by atoms with Gasteiger partial charge in [-0.1, -0.05) is 6.42 Å². The van der Waals surface area contributed by atoms with Gasteiger partial charge in [0.05, 0.1) is 12.6 Å². The molecule has 0 aromatic carbocycles. The van der Waals surface area contributed by atoms with Crippen molar-refractivity contribution < 1.29 is 13.6 Å². The molecule has 2 atom stereocenters. The normalized spacial score (nSPS) is 26.3. The maximum Gasteiger partial charge on any atom is 0.262 e. The average molecular weight is 348 g/mol. The van der Waals surface area contributed by atoms with Gasteiger partial charge in [0, 0.05) is 19.0 Å². The number of nitrogens with zero attached hydrogens (tertiary/aromatic N) is 1. The third kappa shape index (κ3) is 6.63. The van der Waals surface area contributed by atoms with Crippen LogP contribution >= 0.6 is 24.8 Å². The molecule has 0 radical (unpaired) electrons. The van der Waals surface area contributed by atoms with Crippen molar-refractivity contribution in [3.63, 3.8) is 0 Å². The van der Waals surface area contributed by atoms with E-state index in [1.807, 2.05) is 6.92 Å². The molecule has 2 aliphatic heterocycles. The van der Waals surface area contributed by atoms with Crippen molar-refractivity contribution in [3.05, 3.63) is 0 Å². The molecular formula is C13H25Cl2F2N3O. The Labute approximate surface area is 137 Å². The topological polar surface area (TPSA) is 44.4 Å². The van der Waals surface area contributed by atoms with E-state index in [-0.39, 0.29) is 36.8 Å². The molecule has 0 aliphatic carbocycles. The summed E-state index contributed by atoms with van der Waals surface area (Å²) in [6.07, 6.45) is 3.29. The van der Waals surface area contributed by atoms with Crippen molar-refractivity contribution in [1.29, 1.82) is 0 Å². The fourth-order valence-electron chi connectivity index (χ4n) is 2.82. The first-order chi connectivity index (χ1) is 8.96. The van der Waals surface area contributed by atoms with Crippen molar-refractivity contribution in [2.75, 3.05) is 26.2 Å². The van der Waals surface area contributed by atoms with E-state index in [9.17, 15) is 13.6 Å². The van der Waals surface area contributed by atoms with Crippen LogP contribution in [-0.4, -0.2) is 55.0 Å². The highest BCUT2D eigenvalue weighted by molar-refractivity contribution is 5.85. The second-order valence-corrected chi connectivity index (χ2v) is 5.76. The summed E-state index contributed by atoms with van der Waals surface area (Å²) in [7, 11) is 0. The summed E-state index contributed by atoms with van der Waals surface area (Å²) in [5, 5.41) is 5.41. The van der Waals surface area contributed by atoms with Crippen LogP contribution < -0.4 is 10.6 Å². The van der Waals surface area contributed by atoms with Crippen molar-refractivity contribution in [1.82, 2.24) is 15.5 Å². The lowest BCUT2D eigenvalue weighted by atomic mass is 10.1. The van der Waals surface area contributed by atoms with Crippen LogP contribution in [-0.2, 0) is 4.79 Å². The number of hydrogen-bond donors (Lipinski definition) is 2. The van der Waals surface area contributed by atoms with Crippen LogP contribution in [0.25, 0.3) is 0 Å². The first-order valence-corrected chi connectivity index (χ1v) is 7.10. The number of piperidine rings is 1. The van der Waals surface area contributed by atoms with Crippen molar-refractivity contribution >= 4 is 30.7 Å². The lowest BCUT2D eigenvalue weighted by Crippen LogP contribution is -2.48. The Bertz CT molecular complexity index is 329. The molecule has 2 unspecified atom stereocenters. The van der Waals surface area contributed by atoms with E-state index < -0.39 is 24.9 Å². The predicted octanol–water partition coefficient (Wildman–Crippen LogP) is 1.82. The fourth-order valence-corrected chi connectivity index (χ4v) is 2.82. The third-order valence-electron chi connectivity index (χ3n) is 3.80. The number of nitrogens with one attached hydrogen (secondary N) is 2. The standard InChI is InChI=1S/C13H23F2N3O.2ClH/c1-10(8-18-5-3-2-4-6-18)17-12(19)11-7-13(14,15)9-16-11;;/h10-11,16H,2-9H2,1H3,(H,17,19);2*1H.